The third kappa shape index (κ3) is 3.03. The van der Waals surface area contributed by atoms with Gasteiger partial charge in [0.15, 0.2) is 0 Å². The Morgan fingerprint density at radius 1 is 1.24 bits per heavy atom. The first-order valence-electron chi connectivity index (χ1n) is 6.55. The number of aliphatic carboxylic acids is 2. The lowest BCUT2D eigenvalue weighted by Crippen LogP contribution is -2.29. The van der Waals surface area contributed by atoms with E-state index in [1.165, 1.54) is 13.0 Å². The van der Waals surface area contributed by atoms with Gasteiger partial charge >= 0.3 is 11.9 Å². The molecule has 110 valence electrons. The fourth-order valence-corrected chi connectivity index (χ4v) is 2.34. The number of hydrogen-bond acceptors (Lipinski definition) is 3. The maximum atomic E-state index is 11.4. The molecule has 0 fully saturated rings. The maximum absolute atomic E-state index is 11.4. The number of benzene rings is 1. The van der Waals surface area contributed by atoms with Crippen molar-refractivity contribution in [2.75, 3.05) is 0 Å². The Hall–Kier alpha value is -2.40. The van der Waals surface area contributed by atoms with Crippen molar-refractivity contribution in [3.05, 3.63) is 53.1 Å². The molecule has 1 aromatic rings. The second kappa shape index (κ2) is 5.54. The molecule has 0 saturated heterocycles. The van der Waals surface area contributed by atoms with Gasteiger partial charge in [-0.25, -0.2) is 4.79 Å². The molecule has 2 rings (SSSR count). The van der Waals surface area contributed by atoms with Gasteiger partial charge in [-0.2, -0.15) is 0 Å². The van der Waals surface area contributed by atoms with Gasteiger partial charge in [0.1, 0.15) is 0 Å². The van der Waals surface area contributed by atoms with Crippen LogP contribution in [0.2, 0.25) is 0 Å². The second-order valence-corrected chi connectivity index (χ2v) is 5.37. The summed E-state index contributed by atoms with van der Waals surface area (Å²) in [5, 5.41) is 18.6. The Balaban J connectivity index is 2.49. The number of nitrogens with two attached hydrogens (primary N) is 1. The van der Waals surface area contributed by atoms with Gasteiger partial charge in [0.2, 0.25) is 0 Å². The molecule has 0 bridgehead atoms. The Morgan fingerprint density at radius 3 is 2.33 bits per heavy atom. The predicted molar refractivity (Wildman–Crippen MR) is 78.4 cm³/mol. The lowest BCUT2D eigenvalue weighted by Gasteiger charge is -2.26. The van der Waals surface area contributed by atoms with Crippen LogP contribution in [-0.2, 0) is 16.1 Å². The second-order valence-electron chi connectivity index (χ2n) is 5.37. The summed E-state index contributed by atoms with van der Waals surface area (Å²) in [5.41, 5.74) is 6.76. The maximum Gasteiger partial charge on any atom is 0.331 e. The molecule has 0 amide bonds. The lowest BCUT2D eigenvalue weighted by atomic mass is 9.76. The van der Waals surface area contributed by atoms with Crippen LogP contribution in [0.15, 0.2) is 42.0 Å². The summed E-state index contributed by atoms with van der Waals surface area (Å²) >= 11 is 0. The van der Waals surface area contributed by atoms with Gasteiger partial charge in [-0.3, -0.25) is 4.79 Å². The van der Waals surface area contributed by atoms with Gasteiger partial charge in [-0.05, 0) is 36.1 Å². The molecule has 0 radical (unpaired) electrons. The number of hydrogen-bond donors (Lipinski definition) is 3. The largest absolute Gasteiger partial charge is 0.481 e. The van der Waals surface area contributed by atoms with Crippen molar-refractivity contribution in [3.63, 3.8) is 0 Å². The van der Waals surface area contributed by atoms with E-state index in [-0.39, 0.29) is 12.0 Å². The summed E-state index contributed by atoms with van der Waals surface area (Å²) in [6.45, 7) is 1.95. The molecule has 0 aliphatic heterocycles. The van der Waals surface area contributed by atoms with Crippen molar-refractivity contribution in [3.8, 4) is 0 Å². The smallest absolute Gasteiger partial charge is 0.331 e. The average Bonchev–Trinajstić information content (AvgIpc) is 2.46. The minimum absolute atomic E-state index is 0.0257. The normalized spacial score (nSPS) is 21.4. The highest BCUT2D eigenvalue weighted by Crippen LogP contribution is 2.37. The summed E-state index contributed by atoms with van der Waals surface area (Å²) in [6, 6.07) is 7.32. The van der Waals surface area contributed by atoms with Crippen LogP contribution in [-0.4, -0.2) is 22.2 Å². The highest BCUT2D eigenvalue weighted by molar-refractivity contribution is 5.96. The van der Waals surface area contributed by atoms with Gasteiger partial charge in [-0.15, -0.1) is 0 Å². The first-order chi connectivity index (χ1) is 9.85. The van der Waals surface area contributed by atoms with Crippen LogP contribution in [0.5, 0.6) is 0 Å². The topological polar surface area (TPSA) is 101 Å². The van der Waals surface area contributed by atoms with Crippen LogP contribution in [0.4, 0.5) is 0 Å². The van der Waals surface area contributed by atoms with Crippen LogP contribution < -0.4 is 5.73 Å². The molecule has 21 heavy (non-hydrogen) atoms. The van der Waals surface area contributed by atoms with E-state index in [0.717, 1.165) is 11.1 Å². The number of carboxylic acid groups (broad SMARTS) is 2. The SMILES string of the molecule is CC1(C(=O)O)C=C(c2ccc(CN)cc2)C=C(C(=O)O)C1. The summed E-state index contributed by atoms with van der Waals surface area (Å²) in [4.78, 5) is 22.7. The predicted octanol–water partition coefficient (Wildman–Crippen LogP) is 2.03. The van der Waals surface area contributed by atoms with Crippen molar-refractivity contribution in [1.82, 2.24) is 0 Å². The third-order valence-electron chi connectivity index (χ3n) is 3.65. The molecule has 0 aromatic heterocycles. The van der Waals surface area contributed by atoms with Crippen molar-refractivity contribution < 1.29 is 19.8 Å². The first kappa shape index (κ1) is 15.0. The van der Waals surface area contributed by atoms with Crippen LogP contribution in [0.1, 0.15) is 24.5 Å². The zero-order valence-electron chi connectivity index (χ0n) is 11.7. The lowest BCUT2D eigenvalue weighted by molar-refractivity contribution is -0.145. The monoisotopic (exact) mass is 287 g/mol. The minimum atomic E-state index is -1.22. The van der Waals surface area contributed by atoms with E-state index in [1.807, 2.05) is 24.3 Å². The van der Waals surface area contributed by atoms with E-state index in [0.29, 0.717) is 12.1 Å². The molecule has 1 aromatic carbocycles. The molecular weight excluding hydrogens is 270 g/mol. The molecule has 5 nitrogen and oxygen atoms in total. The van der Waals surface area contributed by atoms with E-state index < -0.39 is 17.4 Å². The zero-order chi connectivity index (χ0) is 15.6. The van der Waals surface area contributed by atoms with Gasteiger partial charge in [0.05, 0.1) is 5.41 Å². The highest BCUT2D eigenvalue weighted by atomic mass is 16.4. The van der Waals surface area contributed by atoms with Gasteiger partial charge < -0.3 is 15.9 Å². The Bertz CT molecular complexity index is 643. The average molecular weight is 287 g/mol. The summed E-state index contributed by atoms with van der Waals surface area (Å²) < 4.78 is 0. The molecule has 1 aliphatic carbocycles. The fourth-order valence-electron chi connectivity index (χ4n) is 2.34. The van der Waals surface area contributed by atoms with Crippen LogP contribution in [0, 0.1) is 5.41 Å². The molecule has 0 saturated carbocycles. The number of carboxylic acids is 2. The van der Waals surface area contributed by atoms with Crippen molar-refractivity contribution >= 4 is 17.5 Å². The molecule has 0 spiro atoms. The minimum Gasteiger partial charge on any atom is -0.481 e. The van der Waals surface area contributed by atoms with Crippen LogP contribution in [0.25, 0.3) is 5.57 Å². The molecule has 5 heteroatoms. The summed E-state index contributed by atoms with van der Waals surface area (Å²) in [7, 11) is 0. The Morgan fingerprint density at radius 2 is 1.86 bits per heavy atom. The van der Waals surface area contributed by atoms with Crippen molar-refractivity contribution in [2.24, 2.45) is 11.1 Å². The molecule has 1 atom stereocenters. The van der Waals surface area contributed by atoms with E-state index in [2.05, 4.69) is 0 Å². The van der Waals surface area contributed by atoms with Gasteiger partial charge in [-0.1, -0.05) is 30.3 Å². The highest BCUT2D eigenvalue weighted by Gasteiger charge is 2.36. The molecular formula is C16H17NO4. The Labute approximate surface area is 122 Å². The van der Waals surface area contributed by atoms with E-state index in [1.54, 1.807) is 6.08 Å². The molecule has 0 heterocycles. The summed E-state index contributed by atoms with van der Waals surface area (Å²) in [6.07, 6.45) is 3.12. The van der Waals surface area contributed by atoms with Crippen LogP contribution >= 0.6 is 0 Å². The standard InChI is InChI=1S/C16H17NO4/c1-16(15(20)21)7-12(6-13(8-16)14(18)19)11-4-2-10(9-17)3-5-11/h2-7H,8-9,17H2,1H3,(H,18,19)(H,20,21). The number of rotatable bonds is 4. The fraction of sp³-hybridized carbons (Fsp3) is 0.250. The molecule has 1 unspecified atom stereocenters. The van der Waals surface area contributed by atoms with Crippen LogP contribution in [0.3, 0.4) is 0 Å². The van der Waals surface area contributed by atoms with Crippen molar-refractivity contribution in [1.29, 1.82) is 0 Å². The third-order valence-corrected chi connectivity index (χ3v) is 3.65. The first-order valence-corrected chi connectivity index (χ1v) is 6.55. The quantitative estimate of drug-likeness (QED) is 0.786. The van der Waals surface area contributed by atoms with E-state index >= 15 is 0 Å². The van der Waals surface area contributed by atoms with Gasteiger partial charge in [0.25, 0.3) is 0 Å². The molecule has 1 aliphatic rings. The zero-order valence-corrected chi connectivity index (χ0v) is 11.7. The number of allylic oxidation sites excluding steroid dienone is 2. The summed E-state index contributed by atoms with van der Waals surface area (Å²) in [5.74, 6) is -2.13. The van der Waals surface area contributed by atoms with Crippen molar-refractivity contribution in [2.45, 2.75) is 19.9 Å². The van der Waals surface area contributed by atoms with Gasteiger partial charge in [0, 0.05) is 12.1 Å². The molecule has 4 N–H and O–H groups in total. The van der Waals surface area contributed by atoms with E-state index in [4.69, 9.17) is 5.73 Å². The van der Waals surface area contributed by atoms with E-state index in [9.17, 15) is 19.8 Å². The Kier molecular flexibility index (Phi) is 3.95. The number of carbonyl (C=O) groups is 2.